The minimum absolute atomic E-state index is 0.141. The predicted molar refractivity (Wildman–Crippen MR) is 77.7 cm³/mol. The van der Waals surface area contributed by atoms with E-state index in [2.05, 4.69) is 12.1 Å². The second-order valence-electron chi connectivity index (χ2n) is 4.74. The largest absolute Gasteiger partial charge is 0.507 e. The van der Waals surface area contributed by atoms with Crippen LogP contribution in [0.25, 0.3) is 0 Å². The monoisotopic (exact) mass is 288 g/mol. The van der Waals surface area contributed by atoms with Gasteiger partial charge in [0.15, 0.2) is 0 Å². The molecule has 0 aliphatic carbocycles. The van der Waals surface area contributed by atoms with Gasteiger partial charge in [0.1, 0.15) is 17.1 Å². The number of hydrogen-bond acceptors (Lipinski definition) is 3. The minimum atomic E-state index is -0.702. The number of aryl methyl sites for hydroxylation is 1. The summed E-state index contributed by atoms with van der Waals surface area (Å²) < 4.78 is 18.1. The Morgan fingerprint density at radius 1 is 1.10 bits per heavy atom. The molecule has 0 amide bonds. The van der Waals surface area contributed by atoms with Gasteiger partial charge in [0, 0.05) is 0 Å². The highest BCUT2D eigenvalue weighted by molar-refractivity contribution is 5.92. The lowest BCUT2D eigenvalue weighted by Crippen LogP contribution is -2.07. The van der Waals surface area contributed by atoms with Crippen LogP contribution in [0.2, 0.25) is 0 Å². The standard InChI is InChI=1S/C17H17FO3/c18-14-9-10-16(19)15(12-14)17(20)21-11-5-4-8-13-6-2-1-3-7-13/h1-3,6-7,9-10,12,19H,4-5,8,11H2. The molecule has 0 bridgehead atoms. The van der Waals surface area contributed by atoms with Gasteiger partial charge in [0.25, 0.3) is 0 Å². The molecule has 2 rings (SSSR count). The van der Waals surface area contributed by atoms with Gasteiger partial charge in [-0.1, -0.05) is 30.3 Å². The highest BCUT2D eigenvalue weighted by Gasteiger charge is 2.13. The van der Waals surface area contributed by atoms with Crippen molar-refractivity contribution in [1.82, 2.24) is 0 Å². The number of phenolic OH excluding ortho intramolecular Hbond substituents is 1. The summed E-state index contributed by atoms with van der Waals surface area (Å²) in [4.78, 5) is 11.7. The Bertz CT molecular complexity index is 596. The Labute approximate surface area is 123 Å². The van der Waals surface area contributed by atoms with Crippen molar-refractivity contribution in [1.29, 1.82) is 0 Å². The molecule has 110 valence electrons. The SMILES string of the molecule is O=C(OCCCCc1ccccc1)c1cc(F)ccc1O. The molecule has 21 heavy (non-hydrogen) atoms. The third kappa shape index (κ3) is 4.60. The second kappa shape index (κ2) is 7.43. The van der Waals surface area contributed by atoms with E-state index in [1.54, 1.807) is 0 Å². The smallest absolute Gasteiger partial charge is 0.342 e. The maximum Gasteiger partial charge on any atom is 0.342 e. The number of esters is 1. The third-order valence-corrected chi connectivity index (χ3v) is 3.11. The van der Waals surface area contributed by atoms with Crippen LogP contribution >= 0.6 is 0 Å². The Hall–Kier alpha value is -2.36. The highest BCUT2D eigenvalue weighted by Crippen LogP contribution is 2.18. The summed E-state index contributed by atoms with van der Waals surface area (Å²) in [7, 11) is 0. The second-order valence-corrected chi connectivity index (χ2v) is 4.74. The molecule has 0 spiro atoms. The molecule has 0 saturated heterocycles. The lowest BCUT2D eigenvalue weighted by atomic mass is 10.1. The van der Waals surface area contributed by atoms with Crippen LogP contribution in [-0.4, -0.2) is 17.7 Å². The molecule has 0 heterocycles. The van der Waals surface area contributed by atoms with Gasteiger partial charge in [-0.25, -0.2) is 9.18 Å². The maximum absolute atomic E-state index is 13.0. The zero-order chi connectivity index (χ0) is 15.1. The van der Waals surface area contributed by atoms with Gasteiger partial charge in [-0.3, -0.25) is 0 Å². The average molecular weight is 288 g/mol. The van der Waals surface area contributed by atoms with E-state index in [1.165, 1.54) is 5.56 Å². The van der Waals surface area contributed by atoms with E-state index in [9.17, 15) is 14.3 Å². The first-order valence-electron chi connectivity index (χ1n) is 6.86. The summed E-state index contributed by atoms with van der Waals surface area (Å²) in [5.41, 5.74) is 1.10. The van der Waals surface area contributed by atoms with E-state index >= 15 is 0 Å². The summed E-state index contributed by atoms with van der Waals surface area (Å²) in [5.74, 6) is -1.55. The lowest BCUT2D eigenvalue weighted by Gasteiger charge is -2.06. The van der Waals surface area contributed by atoms with E-state index in [-0.39, 0.29) is 17.9 Å². The van der Waals surface area contributed by atoms with Crippen LogP contribution in [0.15, 0.2) is 48.5 Å². The van der Waals surface area contributed by atoms with Gasteiger partial charge < -0.3 is 9.84 Å². The quantitative estimate of drug-likeness (QED) is 0.651. The zero-order valence-corrected chi connectivity index (χ0v) is 11.6. The number of unbranched alkanes of at least 4 members (excludes halogenated alkanes) is 1. The first-order valence-corrected chi connectivity index (χ1v) is 6.86. The molecule has 0 aromatic heterocycles. The molecule has 3 nitrogen and oxygen atoms in total. The number of phenols is 1. The summed E-state index contributed by atoms with van der Waals surface area (Å²) in [6.07, 6.45) is 2.53. The fourth-order valence-electron chi connectivity index (χ4n) is 1.99. The Kier molecular flexibility index (Phi) is 5.32. The number of carbonyl (C=O) groups excluding carboxylic acids is 1. The third-order valence-electron chi connectivity index (χ3n) is 3.11. The van der Waals surface area contributed by atoms with Gasteiger partial charge in [-0.05, 0) is 43.0 Å². The van der Waals surface area contributed by atoms with E-state index in [0.29, 0.717) is 0 Å². The molecule has 0 radical (unpaired) electrons. The van der Waals surface area contributed by atoms with Crippen molar-refractivity contribution in [3.8, 4) is 5.75 Å². The molecule has 2 aromatic carbocycles. The van der Waals surface area contributed by atoms with Gasteiger partial charge >= 0.3 is 5.97 Å². The normalized spacial score (nSPS) is 10.3. The highest BCUT2D eigenvalue weighted by atomic mass is 19.1. The molecule has 0 unspecified atom stereocenters. The summed E-state index contributed by atoms with van der Waals surface area (Å²) >= 11 is 0. The molecule has 4 heteroatoms. The number of aromatic hydroxyl groups is 1. The van der Waals surface area contributed by atoms with Crippen LogP contribution in [0.1, 0.15) is 28.8 Å². The topological polar surface area (TPSA) is 46.5 Å². The van der Waals surface area contributed by atoms with E-state index < -0.39 is 11.8 Å². The van der Waals surface area contributed by atoms with Crippen LogP contribution < -0.4 is 0 Å². The van der Waals surface area contributed by atoms with Crippen LogP contribution in [0.5, 0.6) is 5.75 Å². The van der Waals surface area contributed by atoms with Crippen molar-refractivity contribution in [3.63, 3.8) is 0 Å². The molecule has 0 saturated carbocycles. The Balaban J connectivity index is 1.73. The van der Waals surface area contributed by atoms with Gasteiger partial charge in [0.2, 0.25) is 0 Å². The molecule has 0 fully saturated rings. The molecule has 2 aromatic rings. The van der Waals surface area contributed by atoms with E-state index in [0.717, 1.165) is 37.5 Å². The molecule has 0 aliphatic heterocycles. The molecule has 0 aliphatic rings. The van der Waals surface area contributed by atoms with Gasteiger partial charge in [-0.2, -0.15) is 0 Å². The van der Waals surface area contributed by atoms with Crippen molar-refractivity contribution >= 4 is 5.97 Å². The van der Waals surface area contributed by atoms with Crippen LogP contribution in [0.3, 0.4) is 0 Å². The van der Waals surface area contributed by atoms with E-state index in [4.69, 9.17) is 4.74 Å². The summed E-state index contributed by atoms with van der Waals surface area (Å²) in [6, 6.07) is 13.3. The number of carbonyl (C=O) groups is 1. The van der Waals surface area contributed by atoms with Crippen molar-refractivity contribution < 1.29 is 19.0 Å². The minimum Gasteiger partial charge on any atom is -0.507 e. The summed E-state index contributed by atoms with van der Waals surface area (Å²) in [5, 5.41) is 9.49. The van der Waals surface area contributed by atoms with Gasteiger partial charge in [0.05, 0.1) is 6.61 Å². The Morgan fingerprint density at radius 2 is 1.86 bits per heavy atom. The fourth-order valence-corrected chi connectivity index (χ4v) is 1.99. The number of ether oxygens (including phenoxy) is 1. The predicted octanol–water partition coefficient (Wildman–Crippen LogP) is 3.71. The summed E-state index contributed by atoms with van der Waals surface area (Å²) in [6.45, 7) is 0.252. The first kappa shape index (κ1) is 15.0. The van der Waals surface area contributed by atoms with Crippen molar-refractivity contribution in [2.24, 2.45) is 0 Å². The first-order chi connectivity index (χ1) is 10.2. The number of benzene rings is 2. The van der Waals surface area contributed by atoms with Crippen LogP contribution in [-0.2, 0) is 11.2 Å². The fraction of sp³-hybridized carbons (Fsp3) is 0.235. The van der Waals surface area contributed by atoms with Crippen molar-refractivity contribution in [3.05, 3.63) is 65.5 Å². The van der Waals surface area contributed by atoms with E-state index in [1.807, 2.05) is 18.2 Å². The molecule has 1 N–H and O–H groups in total. The molecular weight excluding hydrogens is 271 g/mol. The van der Waals surface area contributed by atoms with Crippen LogP contribution in [0.4, 0.5) is 4.39 Å². The number of rotatable bonds is 6. The van der Waals surface area contributed by atoms with Crippen molar-refractivity contribution in [2.75, 3.05) is 6.61 Å². The number of hydrogen-bond donors (Lipinski definition) is 1. The lowest BCUT2D eigenvalue weighted by molar-refractivity contribution is 0.0494. The Morgan fingerprint density at radius 3 is 2.62 bits per heavy atom. The molecular formula is C17H17FO3. The van der Waals surface area contributed by atoms with Gasteiger partial charge in [-0.15, -0.1) is 0 Å². The average Bonchev–Trinajstić information content (AvgIpc) is 2.50. The zero-order valence-electron chi connectivity index (χ0n) is 11.6. The maximum atomic E-state index is 13.0. The van der Waals surface area contributed by atoms with Crippen molar-refractivity contribution in [2.45, 2.75) is 19.3 Å². The van der Waals surface area contributed by atoms with Crippen LogP contribution in [0, 0.1) is 5.82 Å². The molecule has 0 atom stereocenters. The number of halogens is 1.